The molecule has 1 aliphatic rings. The van der Waals surface area contributed by atoms with Gasteiger partial charge < -0.3 is 15.0 Å². The molecule has 20 heavy (non-hydrogen) atoms. The molecule has 1 unspecified atom stereocenters. The number of ether oxygens (including phenoxy) is 1. The number of hydrogen-bond acceptors (Lipinski definition) is 3. The maximum Gasteiger partial charge on any atom is 0.260 e. The molecule has 1 N–H and O–H groups in total. The molecule has 4 nitrogen and oxygen atoms in total. The predicted octanol–water partition coefficient (Wildman–Crippen LogP) is 2.32. The highest BCUT2D eigenvalue weighted by Gasteiger charge is 2.22. The fraction of sp³-hybridized carbons (Fsp3) is 0.533. The third-order valence-electron chi connectivity index (χ3n) is 3.56. The lowest BCUT2D eigenvalue weighted by molar-refractivity contribution is -0.128. The number of carbonyl (C=O) groups is 1. The lowest BCUT2D eigenvalue weighted by atomic mass is 10.1. The van der Waals surface area contributed by atoms with E-state index < -0.39 is 6.10 Å². The van der Waals surface area contributed by atoms with E-state index >= 15 is 0 Å². The van der Waals surface area contributed by atoms with Crippen molar-refractivity contribution in [1.82, 2.24) is 10.2 Å². The molecule has 0 spiro atoms. The first-order chi connectivity index (χ1) is 9.54. The lowest BCUT2D eigenvalue weighted by Crippen LogP contribution is -2.47. The fourth-order valence-electron chi connectivity index (χ4n) is 2.24. The number of likely N-dealkylation sites (tertiary alicyclic amines) is 1. The molecule has 0 aromatic heterocycles. The van der Waals surface area contributed by atoms with E-state index in [1.165, 1.54) is 0 Å². The fourth-order valence-corrected chi connectivity index (χ4v) is 2.37. The van der Waals surface area contributed by atoms with Crippen LogP contribution in [0.25, 0.3) is 0 Å². The highest BCUT2D eigenvalue weighted by Crippen LogP contribution is 2.17. The van der Waals surface area contributed by atoms with Crippen molar-refractivity contribution in [2.24, 2.45) is 0 Å². The maximum atomic E-state index is 12.1. The van der Waals surface area contributed by atoms with Gasteiger partial charge in [-0.05, 0) is 64.2 Å². The molecule has 1 saturated heterocycles. The summed E-state index contributed by atoms with van der Waals surface area (Å²) in [5.74, 6) is 0.593. The van der Waals surface area contributed by atoms with Crippen molar-refractivity contribution in [3.8, 4) is 5.75 Å². The summed E-state index contributed by atoms with van der Waals surface area (Å²) in [6.45, 7) is 3.81. The Kier molecular flexibility index (Phi) is 5.26. The van der Waals surface area contributed by atoms with Gasteiger partial charge >= 0.3 is 0 Å². The van der Waals surface area contributed by atoms with Gasteiger partial charge in [0.2, 0.25) is 0 Å². The molecule has 1 aromatic carbocycles. The third-order valence-corrected chi connectivity index (χ3v) is 3.81. The predicted molar refractivity (Wildman–Crippen MR) is 80.2 cm³/mol. The zero-order valence-corrected chi connectivity index (χ0v) is 12.7. The van der Waals surface area contributed by atoms with Gasteiger partial charge in [-0.1, -0.05) is 11.6 Å². The molecule has 1 atom stereocenters. The minimum atomic E-state index is -0.504. The van der Waals surface area contributed by atoms with Crippen molar-refractivity contribution < 1.29 is 9.53 Å². The number of benzene rings is 1. The number of halogens is 1. The molecule has 2 rings (SSSR count). The van der Waals surface area contributed by atoms with Crippen LogP contribution >= 0.6 is 11.6 Å². The molecule has 1 amide bonds. The largest absolute Gasteiger partial charge is 0.481 e. The highest BCUT2D eigenvalue weighted by atomic mass is 35.5. The number of piperidine rings is 1. The highest BCUT2D eigenvalue weighted by molar-refractivity contribution is 6.30. The molecular formula is C15H21ClN2O2. The Balaban J connectivity index is 1.81. The Labute approximate surface area is 125 Å². The third kappa shape index (κ3) is 4.39. The Bertz CT molecular complexity index is 442. The van der Waals surface area contributed by atoms with E-state index in [0.717, 1.165) is 25.9 Å². The van der Waals surface area contributed by atoms with E-state index in [1.54, 1.807) is 31.2 Å². The summed E-state index contributed by atoms with van der Waals surface area (Å²) in [6.07, 6.45) is 1.49. The van der Waals surface area contributed by atoms with Gasteiger partial charge in [0.05, 0.1) is 0 Å². The number of amides is 1. The Hall–Kier alpha value is -1.26. The Morgan fingerprint density at radius 2 is 1.95 bits per heavy atom. The van der Waals surface area contributed by atoms with Crippen molar-refractivity contribution in [2.45, 2.75) is 31.9 Å². The second kappa shape index (κ2) is 6.95. The van der Waals surface area contributed by atoms with Crippen LogP contribution in [-0.4, -0.2) is 43.1 Å². The standard InChI is InChI=1S/C15H21ClN2O2/c1-11(20-14-5-3-12(16)4-6-14)15(19)17-13-7-9-18(2)10-8-13/h3-6,11,13H,7-10H2,1-2H3,(H,17,19). The summed E-state index contributed by atoms with van der Waals surface area (Å²) in [4.78, 5) is 14.4. The Morgan fingerprint density at radius 1 is 1.35 bits per heavy atom. The number of carbonyl (C=O) groups excluding carboxylic acids is 1. The van der Waals surface area contributed by atoms with E-state index in [1.807, 2.05) is 0 Å². The van der Waals surface area contributed by atoms with Crippen molar-refractivity contribution >= 4 is 17.5 Å². The Morgan fingerprint density at radius 3 is 2.55 bits per heavy atom. The summed E-state index contributed by atoms with van der Waals surface area (Å²) in [5.41, 5.74) is 0. The molecule has 1 aromatic rings. The van der Waals surface area contributed by atoms with Crippen LogP contribution < -0.4 is 10.1 Å². The van der Waals surface area contributed by atoms with Gasteiger partial charge in [0, 0.05) is 11.1 Å². The van der Waals surface area contributed by atoms with Crippen molar-refractivity contribution in [2.75, 3.05) is 20.1 Å². The lowest BCUT2D eigenvalue weighted by Gasteiger charge is -2.30. The van der Waals surface area contributed by atoms with Crippen molar-refractivity contribution in [1.29, 1.82) is 0 Å². The monoisotopic (exact) mass is 296 g/mol. The quantitative estimate of drug-likeness (QED) is 0.927. The zero-order chi connectivity index (χ0) is 14.5. The number of nitrogens with one attached hydrogen (secondary N) is 1. The van der Waals surface area contributed by atoms with Crippen LogP contribution in [0.3, 0.4) is 0 Å². The smallest absolute Gasteiger partial charge is 0.260 e. The topological polar surface area (TPSA) is 41.6 Å². The van der Waals surface area contributed by atoms with E-state index in [2.05, 4.69) is 17.3 Å². The molecular weight excluding hydrogens is 276 g/mol. The van der Waals surface area contributed by atoms with Crippen LogP contribution in [0.15, 0.2) is 24.3 Å². The summed E-state index contributed by atoms with van der Waals surface area (Å²) >= 11 is 5.81. The second-order valence-electron chi connectivity index (χ2n) is 5.30. The number of rotatable bonds is 4. The molecule has 0 radical (unpaired) electrons. The molecule has 1 aliphatic heterocycles. The summed E-state index contributed by atoms with van der Waals surface area (Å²) in [5, 5.41) is 3.71. The molecule has 0 bridgehead atoms. The summed E-state index contributed by atoms with van der Waals surface area (Å²) < 4.78 is 5.61. The summed E-state index contributed by atoms with van der Waals surface area (Å²) in [6, 6.07) is 7.29. The van der Waals surface area contributed by atoms with E-state index in [0.29, 0.717) is 10.8 Å². The van der Waals surface area contributed by atoms with Gasteiger partial charge in [0.15, 0.2) is 6.10 Å². The van der Waals surface area contributed by atoms with E-state index in [-0.39, 0.29) is 11.9 Å². The second-order valence-corrected chi connectivity index (χ2v) is 5.74. The van der Waals surface area contributed by atoms with E-state index in [4.69, 9.17) is 16.3 Å². The van der Waals surface area contributed by atoms with Crippen LogP contribution in [0, 0.1) is 0 Å². The van der Waals surface area contributed by atoms with E-state index in [9.17, 15) is 4.79 Å². The van der Waals surface area contributed by atoms with Gasteiger partial charge in [-0.2, -0.15) is 0 Å². The van der Waals surface area contributed by atoms with Crippen LogP contribution in [-0.2, 0) is 4.79 Å². The van der Waals surface area contributed by atoms with Crippen LogP contribution in [0.4, 0.5) is 0 Å². The molecule has 0 aliphatic carbocycles. The molecule has 110 valence electrons. The van der Waals surface area contributed by atoms with Crippen molar-refractivity contribution in [3.63, 3.8) is 0 Å². The minimum absolute atomic E-state index is 0.0606. The first-order valence-corrected chi connectivity index (χ1v) is 7.33. The minimum Gasteiger partial charge on any atom is -0.481 e. The average Bonchev–Trinajstić information content (AvgIpc) is 2.44. The first-order valence-electron chi connectivity index (χ1n) is 6.96. The van der Waals surface area contributed by atoms with Crippen molar-refractivity contribution in [3.05, 3.63) is 29.3 Å². The molecule has 5 heteroatoms. The zero-order valence-electron chi connectivity index (χ0n) is 11.9. The summed E-state index contributed by atoms with van der Waals surface area (Å²) in [7, 11) is 2.10. The van der Waals surface area contributed by atoms with Crippen LogP contribution in [0.5, 0.6) is 5.75 Å². The van der Waals surface area contributed by atoms with Crippen LogP contribution in [0.1, 0.15) is 19.8 Å². The van der Waals surface area contributed by atoms with Gasteiger partial charge in [-0.15, -0.1) is 0 Å². The van der Waals surface area contributed by atoms with Gasteiger partial charge in [-0.25, -0.2) is 0 Å². The van der Waals surface area contributed by atoms with Gasteiger partial charge in [0.25, 0.3) is 5.91 Å². The number of hydrogen-bond donors (Lipinski definition) is 1. The normalized spacial score (nSPS) is 18.6. The first kappa shape index (κ1) is 15.1. The maximum absolute atomic E-state index is 12.1. The van der Waals surface area contributed by atoms with Crippen LogP contribution in [0.2, 0.25) is 5.02 Å². The molecule has 1 fully saturated rings. The molecule has 0 saturated carbocycles. The number of nitrogens with zero attached hydrogens (tertiary/aromatic N) is 1. The average molecular weight is 297 g/mol. The SMILES string of the molecule is CC(Oc1ccc(Cl)cc1)C(=O)NC1CCN(C)CC1. The van der Waals surface area contributed by atoms with Gasteiger partial charge in [-0.3, -0.25) is 4.79 Å². The molecule has 1 heterocycles. The van der Waals surface area contributed by atoms with Gasteiger partial charge in [0.1, 0.15) is 5.75 Å².